The average molecular weight is 348 g/mol. The van der Waals surface area contributed by atoms with Crippen LogP contribution < -0.4 is 19.9 Å². The molecular formula is C16H16N2O5S. The van der Waals surface area contributed by atoms with Gasteiger partial charge in [0.25, 0.3) is 5.91 Å². The van der Waals surface area contributed by atoms with Gasteiger partial charge in [0.05, 0.1) is 7.11 Å². The van der Waals surface area contributed by atoms with Crippen LogP contribution in [0.4, 0.5) is 5.69 Å². The number of fused-ring (bicyclic) bond motifs is 1. The van der Waals surface area contributed by atoms with Gasteiger partial charge in [-0.2, -0.15) is 0 Å². The van der Waals surface area contributed by atoms with E-state index in [1.54, 1.807) is 6.07 Å². The molecule has 0 radical (unpaired) electrons. The van der Waals surface area contributed by atoms with Gasteiger partial charge < -0.3 is 14.8 Å². The third-order valence-corrected chi connectivity index (χ3v) is 4.61. The van der Waals surface area contributed by atoms with Crippen LogP contribution in [-0.2, 0) is 21.2 Å². The SMILES string of the molecule is COc1ccc(NC(=O)[C@H]2Cc3ccccc3O2)cc1S(N)(=O)=O. The summed E-state index contributed by atoms with van der Waals surface area (Å²) in [6.07, 6.45) is -0.206. The fourth-order valence-electron chi connectivity index (χ4n) is 2.53. The summed E-state index contributed by atoms with van der Waals surface area (Å²) in [6, 6.07) is 11.6. The second-order valence-electron chi connectivity index (χ2n) is 5.32. The molecule has 1 aliphatic rings. The van der Waals surface area contributed by atoms with Crippen LogP contribution in [0, 0.1) is 0 Å². The molecule has 1 aliphatic heterocycles. The predicted octanol–water partition coefficient (Wildman–Crippen LogP) is 1.28. The highest BCUT2D eigenvalue weighted by atomic mass is 32.2. The first-order valence-electron chi connectivity index (χ1n) is 7.15. The molecule has 3 N–H and O–H groups in total. The minimum Gasteiger partial charge on any atom is -0.495 e. The normalized spacial score (nSPS) is 16.2. The van der Waals surface area contributed by atoms with E-state index in [1.165, 1.54) is 25.3 Å². The summed E-state index contributed by atoms with van der Waals surface area (Å²) in [6.45, 7) is 0. The van der Waals surface area contributed by atoms with E-state index < -0.39 is 16.1 Å². The second-order valence-corrected chi connectivity index (χ2v) is 6.85. The van der Waals surface area contributed by atoms with Gasteiger partial charge in [-0.05, 0) is 29.8 Å². The standard InChI is InChI=1S/C16H16N2O5S/c1-22-13-7-6-11(9-15(13)24(17,20)21)18-16(19)14-8-10-4-2-3-5-12(10)23-14/h2-7,9,14H,8H2,1H3,(H,18,19)(H2,17,20,21)/t14-/m1/s1. The lowest BCUT2D eigenvalue weighted by Gasteiger charge is -2.13. The number of amides is 1. The van der Waals surface area contributed by atoms with Gasteiger partial charge in [-0.3, -0.25) is 4.79 Å². The minimum absolute atomic E-state index is 0.111. The molecule has 8 heteroatoms. The van der Waals surface area contributed by atoms with Crippen LogP contribution in [0.3, 0.4) is 0 Å². The number of nitrogens with two attached hydrogens (primary N) is 1. The first kappa shape index (κ1) is 16.3. The molecule has 0 fully saturated rings. The zero-order chi connectivity index (χ0) is 17.3. The molecule has 3 rings (SSSR count). The third-order valence-electron chi connectivity index (χ3n) is 3.68. The molecule has 126 valence electrons. The van der Waals surface area contributed by atoms with E-state index in [-0.39, 0.29) is 16.6 Å². The summed E-state index contributed by atoms with van der Waals surface area (Å²) in [5.41, 5.74) is 1.25. The fraction of sp³-hybridized carbons (Fsp3) is 0.188. The maximum Gasteiger partial charge on any atom is 0.265 e. The monoisotopic (exact) mass is 348 g/mol. The van der Waals surface area contributed by atoms with Crippen molar-refractivity contribution in [2.45, 2.75) is 17.4 Å². The van der Waals surface area contributed by atoms with Gasteiger partial charge >= 0.3 is 0 Å². The van der Waals surface area contributed by atoms with Crippen molar-refractivity contribution in [2.24, 2.45) is 5.14 Å². The van der Waals surface area contributed by atoms with E-state index in [1.807, 2.05) is 18.2 Å². The van der Waals surface area contributed by atoms with Crippen LogP contribution in [0.1, 0.15) is 5.56 Å². The molecule has 2 aromatic carbocycles. The minimum atomic E-state index is -3.97. The molecule has 7 nitrogen and oxygen atoms in total. The predicted molar refractivity (Wildman–Crippen MR) is 87.6 cm³/mol. The maximum absolute atomic E-state index is 12.4. The van der Waals surface area contributed by atoms with E-state index in [2.05, 4.69) is 5.32 Å². The van der Waals surface area contributed by atoms with Crippen molar-refractivity contribution < 1.29 is 22.7 Å². The van der Waals surface area contributed by atoms with Crippen LogP contribution in [0.2, 0.25) is 0 Å². The van der Waals surface area contributed by atoms with Crippen molar-refractivity contribution in [2.75, 3.05) is 12.4 Å². The van der Waals surface area contributed by atoms with Gasteiger partial charge in [-0.15, -0.1) is 0 Å². The van der Waals surface area contributed by atoms with Crippen molar-refractivity contribution in [1.82, 2.24) is 0 Å². The Balaban J connectivity index is 1.79. The lowest BCUT2D eigenvalue weighted by Crippen LogP contribution is -2.31. The number of hydrogen-bond acceptors (Lipinski definition) is 5. The highest BCUT2D eigenvalue weighted by molar-refractivity contribution is 7.89. The maximum atomic E-state index is 12.4. The average Bonchev–Trinajstić information content (AvgIpc) is 2.98. The molecule has 1 amide bonds. The Morgan fingerprint density at radius 1 is 1.29 bits per heavy atom. The fourth-order valence-corrected chi connectivity index (χ4v) is 3.25. The lowest BCUT2D eigenvalue weighted by atomic mass is 10.1. The molecule has 0 aliphatic carbocycles. The number of rotatable bonds is 4. The molecule has 0 saturated heterocycles. The number of carbonyl (C=O) groups is 1. The number of benzene rings is 2. The smallest absolute Gasteiger partial charge is 0.265 e. The Hall–Kier alpha value is -2.58. The van der Waals surface area contributed by atoms with Crippen molar-refractivity contribution in [3.63, 3.8) is 0 Å². The number of methoxy groups -OCH3 is 1. The Morgan fingerprint density at radius 3 is 2.71 bits per heavy atom. The summed E-state index contributed by atoms with van der Waals surface area (Å²) in [4.78, 5) is 12.2. The molecule has 0 bridgehead atoms. The lowest BCUT2D eigenvalue weighted by molar-refractivity contribution is -0.122. The van der Waals surface area contributed by atoms with Crippen LogP contribution in [-0.4, -0.2) is 27.5 Å². The van der Waals surface area contributed by atoms with Crippen molar-refractivity contribution in [3.05, 3.63) is 48.0 Å². The van der Waals surface area contributed by atoms with Gasteiger partial charge in [0, 0.05) is 12.1 Å². The Kier molecular flexibility index (Phi) is 4.16. The number of anilines is 1. The molecule has 0 aromatic heterocycles. The van der Waals surface area contributed by atoms with E-state index >= 15 is 0 Å². The van der Waals surface area contributed by atoms with Gasteiger partial charge in [0.2, 0.25) is 10.0 Å². The number of carbonyl (C=O) groups excluding carboxylic acids is 1. The molecule has 0 unspecified atom stereocenters. The summed E-state index contributed by atoms with van der Waals surface area (Å²) >= 11 is 0. The Morgan fingerprint density at radius 2 is 2.04 bits per heavy atom. The number of para-hydroxylation sites is 1. The van der Waals surface area contributed by atoms with Crippen LogP contribution in [0.15, 0.2) is 47.4 Å². The molecule has 1 heterocycles. The molecule has 24 heavy (non-hydrogen) atoms. The van der Waals surface area contributed by atoms with Crippen LogP contribution >= 0.6 is 0 Å². The highest BCUT2D eigenvalue weighted by Gasteiger charge is 2.29. The molecule has 1 atom stereocenters. The second kappa shape index (κ2) is 6.14. The summed E-state index contributed by atoms with van der Waals surface area (Å²) < 4.78 is 33.8. The highest BCUT2D eigenvalue weighted by Crippen LogP contribution is 2.30. The van der Waals surface area contributed by atoms with Crippen LogP contribution in [0.5, 0.6) is 11.5 Å². The van der Waals surface area contributed by atoms with Gasteiger partial charge in [0.15, 0.2) is 6.10 Å². The van der Waals surface area contributed by atoms with E-state index in [4.69, 9.17) is 14.6 Å². The molecule has 0 saturated carbocycles. The topological polar surface area (TPSA) is 108 Å². The zero-order valence-electron chi connectivity index (χ0n) is 12.9. The molecule has 0 spiro atoms. The van der Waals surface area contributed by atoms with Gasteiger partial charge in [-0.25, -0.2) is 13.6 Å². The van der Waals surface area contributed by atoms with Crippen molar-refractivity contribution >= 4 is 21.6 Å². The molecule has 2 aromatic rings. The first-order valence-corrected chi connectivity index (χ1v) is 8.69. The Labute approximate surface area is 139 Å². The number of nitrogens with one attached hydrogen (secondary N) is 1. The van der Waals surface area contributed by atoms with Gasteiger partial charge in [-0.1, -0.05) is 18.2 Å². The first-order chi connectivity index (χ1) is 11.4. The summed E-state index contributed by atoms with van der Waals surface area (Å²) in [5, 5.41) is 7.81. The number of sulfonamides is 1. The number of ether oxygens (including phenoxy) is 2. The number of primary sulfonamides is 1. The summed E-state index contributed by atoms with van der Waals surface area (Å²) in [7, 11) is -2.63. The van der Waals surface area contributed by atoms with Crippen molar-refractivity contribution in [1.29, 1.82) is 0 Å². The van der Waals surface area contributed by atoms with E-state index in [9.17, 15) is 13.2 Å². The summed E-state index contributed by atoms with van der Waals surface area (Å²) in [5.74, 6) is 0.425. The quantitative estimate of drug-likeness (QED) is 0.865. The van der Waals surface area contributed by atoms with Gasteiger partial charge in [0.1, 0.15) is 16.4 Å². The van der Waals surface area contributed by atoms with E-state index in [0.717, 1.165) is 5.56 Å². The van der Waals surface area contributed by atoms with Crippen LogP contribution in [0.25, 0.3) is 0 Å². The molecular weight excluding hydrogens is 332 g/mol. The number of hydrogen-bond donors (Lipinski definition) is 2. The zero-order valence-corrected chi connectivity index (χ0v) is 13.7. The largest absolute Gasteiger partial charge is 0.495 e. The van der Waals surface area contributed by atoms with Crippen molar-refractivity contribution in [3.8, 4) is 11.5 Å². The Bertz CT molecular complexity index is 870. The van der Waals surface area contributed by atoms with E-state index in [0.29, 0.717) is 17.9 Å². The third kappa shape index (κ3) is 3.19.